The molecule has 0 spiro atoms. The van der Waals surface area contributed by atoms with E-state index in [-0.39, 0.29) is 0 Å². The Morgan fingerprint density at radius 2 is 2.00 bits per heavy atom. The minimum absolute atomic E-state index is 0.400. The Balaban J connectivity index is 1.89. The van der Waals surface area contributed by atoms with Gasteiger partial charge in [-0.2, -0.15) is 0 Å². The molecule has 1 fully saturated rings. The molecule has 0 heterocycles. The Hall–Kier alpha value is -0.900. The van der Waals surface area contributed by atoms with E-state index < -0.39 is 6.10 Å². The van der Waals surface area contributed by atoms with Crippen LogP contribution >= 0.6 is 0 Å². The number of hydrogen-bond donors (Lipinski definition) is 1. The molecule has 1 N–H and O–H groups in total. The summed E-state index contributed by atoms with van der Waals surface area (Å²) in [4.78, 5) is 2.36. The Bertz CT molecular complexity index is 386. The number of methoxy groups -OCH3 is 1. The number of rotatable bonds is 9. The van der Waals surface area contributed by atoms with Crippen LogP contribution in [0, 0.1) is 0 Å². The second-order valence-corrected chi connectivity index (χ2v) is 5.73. The van der Waals surface area contributed by atoms with E-state index in [4.69, 9.17) is 4.74 Å². The first-order valence-electron chi connectivity index (χ1n) is 7.74. The second kappa shape index (κ2) is 7.77. The quantitative estimate of drug-likeness (QED) is 0.753. The third-order valence-electron chi connectivity index (χ3n) is 3.96. The maximum atomic E-state index is 10.4. The van der Waals surface area contributed by atoms with E-state index in [1.807, 2.05) is 0 Å². The van der Waals surface area contributed by atoms with Gasteiger partial charge < -0.3 is 9.84 Å². The van der Waals surface area contributed by atoms with E-state index >= 15 is 0 Å². The first-order valence-corrected chi connectivity index (χ1v) is 7.74. The Labute approximate surface area is 122 Å². The summed E-state index contributed by atoms with van der Waals surface area (Å²) in [7, 11) is 1.73. The van der Waals surface area contributed by atoms with Crippen LogP contribution in [0.3, 0.4) is 0 Å². The van der Waals surface area contributed by atoms with Gasteiger partial charge in [-0.15, -0.1) is 0 Å². The lowest BCUT2D eigenvalue weighted by atomic mass is 10.0. The SMILES string of the molecule is CCCc1ccc(C(O)CN(CCOC)C2CC2)cc1. The Morgan fingerprint density at radius 1 is 1.30 bits per heavy atom. The molecule has 1 atom stereocenters. The molecule has 3 nitrogen and oxygen atoms in total. The topological polar surface area (TPSA) is 32.7 Å². The summed E-state index contributed by atoms with van der Waals surface area (Å²) in [5, 5.41) is 10.4. The van der Waals surface area contributed by atoms with E-state index in [0.717, 1.165) is 31.6 Å². The molecule has 1 aliphatic carbocycles. The number of aliphatic hydroxyl groups excluding tert-OH is 1. The summed E-state index contributed by atoms with van der Waals surface area (Å²) >= 11 is 0. The lowest BCUT2D eigenvalue weighted by Gasteiger charge is -2.24. The van der Waals surface area contributed by atoms with E-state index in [9.17, 15) is 5.11 Å². The smallest absolute Gasteiger partial charge is 0.0917 e. The van der Waals surface area contributed by atoms with Crippen molar-refractivity contribution in [2.75, 3.05) is 26.8 Å². The highest BCUT2D eigenvalue weighted by Crippen LogP contribution is 2.28. The van der Waals surface area contributed by atoms with Gasteiger partial charge >= 0.3 is 0 Å². The number of aryl methyl sites for hydroxylation is 1. The summed E-state index contributed by atoms with van der Waals surface area (Å²) in [6.07, 6.45) is 4.38. The van der Waals surface area contributed by atoms with Crippen molar-refractivity contribution in [1.29, 1.82) is 0 Å². The minimum Gasteiger partial charge on any atom is -0.387 e. The lowest BCUT2D eigenvalue weighted by molar-refractivity contribution is 0.0846. The highest BCUT2D eigenvalue weighted by molar-refractivity contribution is 5.24. The molecule has 0 bridgehead atoms. The van der Waals surface area contributed by atoms with Crippen molar-refractivity contribution in [3.05, 3.63) is 35.4 Å². The van der Waals surface area contributed by atoms with Crippen LogP contribution in [0.5, 0.6) is 0 Å². The first kappa shape index (κ1) is 15.5. The van der Waals surface area contributed by atoms with Crippen LogP contribution in [-0.2, 0) is 11.2 Å². The van der Waals surface area contributed by atoms with Gasteiger partial charge in [0.1, 0.15) is 0 Å². The van der Waals surface area contributed by atoms with Crippen molar-refractivity contribution in [3.63, 3.8) is 0 Å². The highest BCUT2D eigenvalue weighted by atomic mass is 16.5. The zero-order chi connectivity index (χ0) is 14.4. The molecule has 1 saturated carbocycles. The third kappa shape index (κ3) is 4.58. The van der Waals surface area contributed by atoms with Crippen LogP contribution in [0.2, 0.25) is 0 Å². The zero-order valence-corrected chi connectivity index (χ0v) is 12.7. The molecule has 0 aliphatic heterocycles. The number of ether oxygens (including phenoxy) is 1. The molecule has 2 rings (SSSR count). The third-order valence-corrected chi connectivity index (χ3v) is 3.96. The molecule has 1 aromatic carbocycles. The molecule has 0 amide bonds. The van der Waals surface area contributed by atoms with Crippen molar-refractivity contribution in [1.82, 2.24) is 4.90 Å². The maximum Gasteiger partial charge on any atom is 0.0917 e. The molecule has 0 radical (unpaired) electrons. The molecular formula is C17H27NO2. The van der Waals surface area contributed by atoms with Gasteiger partial charge in [0, 0.05) is 26.2 Å². The van der Waals surface area contributed by atoms with Crippen molar-refractivity contribution in [2.45, 2.75) is 44.8 Å². The lowest BCUT2D eigenvalue weighted by Crippen LogP contribution is -2.33. The monoisotopic (exact) mass is 277 g/mol. The Kier molecular flexibility index (Phi) is 6.02. The van der Waals surface area contributed by atoms with Crippen LogP contribution < -0.4 is 0 Å². The van der Waals surface area contributed by atoms with Gasteiger partial charge in [0.2, 0.25) is 0 Å². The normalized spacial score (nSPS) is 16.6. The summed E-state index contributed by atoms with van der Waals surface area (Å²) < 4.78 is 5.16. The van der Waals surface area contributed by atoms with Gasteiger partial charge in [0.05, 0.1) is 12.7 Å². The van der Waals surface area contributed by atoms with Crippen LogP contribution in [0.4, 0.5) is 0 Å². The predicted molar refractivity (Wildman–Crippen MR) is 81.9 cm³/mol. The van der Waals surface area contributed by atoms with Crippen molar-refractivity contribution in [3.8, 4) is 0 Å². The maximum absolute atomic E-state index is 10.4. The molecule has 0 saturated heterocycles. The second-order valence-electron chi connectivity index (χ2n) is 5.73. The molecule has 1 unspecified atom stereocenters. The first-order chi connectivity index (χ1) is 9.74. The number of nitrogens with zero attached hydrogens (tertiary/aromatic N) is 1. The molecular weight excluding hydrogens is 250 g/mol. The number of benzene rings is 1. The van der Waals surface area contributed by atoms with E-state index in [1.54, 1.807) is 7.11 Å². The van der Waals surface area contributed by atoms with Crippen LogP contribution in [0.15, 0.2) is 24.3 Å². The van der Waals surface area contributed by atoms with Crippen LogP contribution in [0.25, 0.3) is 0 Å². The zero-order valence-electron chi connectivity index (χ0n) is 12.7. The van der Waals surface area contributed by atoms with E-state index in [2.05, 4.69) is 36.1 Å². The standard InChI is InChI=1S/C17H27NO2/c1-3-4-14-5-7-15(8-6-14)17(19)13-18(11-12-20-2)16-9-10-16/h5-8,16-17,19H,3-4,9-13H2,1-2H3. The van der Waals surface area contributed by atoms with Gasteiger partial charge in [0.15, 0.2) is 0 Å². The van der Waals surface area contributed by atoms with Crippen LogP contribution in [0.1, 0.15) is 43.4 Å². The van der Waals surface area contributed by atoms with Gasteiger partial charge in [-0.3, -0.25) is 4.90 Å². The van der Waals surface area contributed by atoms with Crippen molar-refractivity contribution in [2.24, 2.45) is 0 Å². The molecule has 3 heteroatoms. The van der Waals surface area contributed by atoms with Gasteiger partial charge in [-0.25, -0.2) is 0 Å². The largest absolute Gasteiger partial charge is 0.387 e. The minimum atomic E-state index is -0.400. The fourth-order valence-corrected chi connectivity index (χ4v) is 2.59. The summed E-state index contributed by atoms with van der Waals surface area (Å²) in [6, 6.07) is 9.06. The summed E-state index contributed by atoms with van der Waals surface area (Å²) in [5.41, 5.74) is 2.37. The number of aliphatic hydroxyl groups is 1. The fourth-order valence-electron chi connectivity index (χ4n) is 2.59. The van der Waals surface area contributed by atoms with Gasteiger partial charge in [-0.1, -0.05) is 37.6 Å². The molecule has 1 aliphatic rings. The summed E-state index contributed by atoms with van der Waals surface area (Å²) in [5.74, 6) is 0. The highest BCUT2D eigenvalue weighted by Gasteiger charge is 2.30. The van der Waals surface area contributed by atoms with Crippen LogP contribution in [-0.4, -0.2) is 42.9 Å². The van der Waals surface area contributed by atoms with Crippen molar-refractivity contribution < 1.29 is 9.84 Å². The predicted octanol–water partition coefficient (Wildman–Crippen LogP) is 2.78. The average molecular weight is 277 g/mol. The fraction of sp³-hybridized carbons (Fsp3) is 0.647. The van der Waals surface area contributed by atoms with E-state index in [1.165, 1.54) is 18.4 Å². The number of hydrogen-bond acceptors (Lipinski definition) is 3. The van der Waals surface area contributed by atoms with Crippen molar-refractivity contribution >= 4 is 0 Å². The molecule has 112 valence electrons. The average Bonchev–Trinajstić information content (AvgIpc) is 3.29. The summed E-state index contributed by atoms with van der Waals surface area (Å²) in [6.45, 7) is 4.54. The molecule has 1 aromatic rings. The van der Waals surface area contributed by atoms with Gasteiger partial charge in [0.25, 0.3) is 0 Å². The Morgan fingerprint density at radius 3 is 2.55 bits per heavy atom. The molecule has 20 heavy (non-hydrogen) atoms. The molecule has 0 aromatic heterocycles. The van der Waals surface area contributed by atoms with E-state index in [0.29, 0.717) is 12.6 Å². The van der Waals surface area contributed by atoms with Gasteiger partial charge in [-0.05, 0) is 30.4 Å².